The first-order chi connectivity index (χ1) is 15.3. The van der Waals surface area contributed by atoms with Crippen LogP contribution in [0.4, 0.5) is 33.4 Å². The fourth-order valence-corrected chi connectivity index (χ4v) is 3.71. The second-order valence-electron chi connectivity index (χ2n) is 7.90. The Morgan fingerprint density at radius 2 is 1.88 bits per heavy atom. The van der Waals surface area contributed by atoms with E-state index in [1.165, 1.54) is 16.8 Å². The van der Waals surface area contributed by atoms with Gasteiger partial charge in [0.1, 0.15) is 0 Å². The minimum Gasteiger partial charge on any atom is -0.448 e. The van der Waals surface area contributed by atoms with Gasteiger partial charge < -0.3 is 20.7 Å². The summed E-state index contributed by atoms with van der Waals surface area (Å²) in [5, 5.41) is 25.2. The number of ether oxygens (including phenoxy) is 1. The molecule has 0 amide bonds. The highest BCUT2D eigenvalue weighted by molar-refractivity contribution is 5.75. The summed E-state index contributed by atoms with van der Waals surface area (Å²) in [6.45, 7) is 6.59. The van der Waals surface area contributed by atoms with Crippen molar-refractivity contribution < 1.29 is 14.5 Å². The summed E-state index contributed by atoms with van der Waals surface area (Å²) >= 11 is 0. The van der Waals surface area contributed by atoms with Crippen molar-refractivity contribution >= 4 is 34.7 Å². The molecule has 0 saturated heterocycles. The lowest BCUT2D eigenvalue weighted by molar-refractivity contribution is -0.384. The Morgan fingerprint density at radius 3 is 2.53 bits per heavy atom. The highest BCUT2D eigenvalue weighted by Crippen LogP contribution is 2.36. The minimum atomic E-state index is -0.512. The van der Waals surface area contributed by atoms with Crippen LogP contribution in [0.15, 0.2) is 48.5 Å². The Hall–Kier alpha value is -3.92. The minimum absolute atomic E-state index is 0.0357. The third-order valence-corrected chi connectivity index (χ3v) is 5.22. The Bertz CT molecular complexity index is 1170. The lowest BCUT2D eigenvalue weighted by Gasteiger charge is -2.20. The van der Waals surface area contributed by atoms with Crippen LogP contribution in [0.5, 0.6) is 0 Å². The molecule has 166 valence electrons. The number of carbonyl (C=O) groups excluding carboxylic acids is 1. The topological polar surface area (TPSA) is 123 Å². The fraction of sp³-hybridized carbons (Fsp3) is 0.273. The maximum absolute atomic E-state index is 12.5. The molecule has 0 atom stereocenters. The highest BCUT2D eigenvalue weighted by Gasteiger charge is 2.38. The zero-order chi connectivity index (χ0) is 22.9. The van der Waals surface area contributed by atoms with Crippen LogP contribution in [-0.4, -0.2) is 27.4 Å². The molecule has 1 aliphatic rings. The van der Waals surface area contributed by atoms with E-state index in [9.17, 15) is 14.9 Å². The van der Waals surface area contributed by atoms with Crippen molar-refractivity contribution in [2.75, 3.05) is 17.2 Å². The summed E-state index contributed by atoms with van der Waals surface area (Å²) in [6.07, 6.45) is -0.512. The lowest BCUT2D eigenvalue weighted by Crippen LogP contribution is -2.34. The number of carbonyl (C=O) groups is 1. The van der Waals surface area contributed by atoms with Gasteiger partial charge in [0.15, 0.2) is 5.82 Å². The molecule has 3 N–H and O–H groups in total. The third kappa shape index (κ3) is 4.12. The first-order valence-corrected chi connectivity index (χ1v) is 10.2. The summed E-state index contributed by atoms with van der Waals surface area (Å²) in [4.78, 5) is 22.8. The summed E-state index contributed by atoms with van der Waals surface area (Å²) in [5.41, 5.74) is 3.60. The van der Waals surface area contributed by atoms with Gasteiger partial charge in [-0.25, -0.2) is 4.79 Å². The number of nitrogens with zero attached hydrogens (tertiary/aromatic N) is 3. The van der Waals surface area contributed by atoms with Crippen LogP contribution in [-0.2, 0) is 16.8 Å². The van der Waals surface area contributed by atoms with Gasteiger partial charge in [-0.15, -0.1) is 5.10 Å². The molecule has 4 rings (SSSR count). The molecule has 0 spiro atoms. The average molecular weight is 436 g/mol. The van der Waals surface area contributed by atoms with Crippen molar-refractivity contribution in [1.82, 2.24) is 15.1 Å². The number of hydrogen-bond donors (Lipinski definition) is 3. The number of benzene rings is 2. The zero-order valence-corrected chi connectivity index (χ0v) is 18.0. The molecule has 10 heteroatoms. The van der Waals surface area contributed by atoms with Crippen LogP contribution < -0.4 is 16.0 Å². The van der Waals surface area contributed by atoms with Crippen molar-refractivity contribution in [3.8, 4) is 0 Å². The van der Waals surface area contributed by atoms with Gasteiger partial charge in [-0.05, 0) is 51.1 Å². The normalized spacial score (nSPS) is 14.0. The number of fused-ring (bicyclic) bond motifs is 1. The smallest absolute Gasteiger partial charge is 0.435 e. The zero-order valence-electron chi connectivity index (χ0n) is 18.0. The van der Waals surface area contributed by atoms with Crippen LogP contribution in [0, 0.1) is 10.1 Å². The SMILES string of the molecule is CCOC(=O)n1nc(Nc2cccc(Nc3ccc([N+](=O)[O-])cc3)c2)c2c1C(C)(C)NC2. The number of nitro benzene ring substituents is 1. The number of anilines is 4. The molecule has 0 saturated carbocycles. The molecule has 0 fully saturated rings. The monoisotopic (exact) mass is 436 g/mol. The Kier molecular flexibility index (Phi) is 5.54. The predicted octanol–water partition coefficient (Wildman–Crippen LogP) is 4.62. The number of non-ortho nitro benzene ring substituents is 1. The maximum Gasteiger partial charge on any atom is 0.435 e. The molecule has 0 bridgehead atoms. The summed E-state index contributed by atoms with van der Waals surface area (Å²) in [6, 6.07) is 13.8. The Balaban J connectivity index is 1.58. The molecule has 0 radical (unpaired) electrons. The average Bonchev–Trinajstić information content (AvgIpc) is 3.27. The van der Waals surface area contributed by atoms with Crippen molar-refractivity contribution in [3.05, 3.63) is 69.9 Å². The van der Waals surface area contributed by atoms with E-state index in [0.29, 0.717) is 12.4 Å². The molecular weight excluding hydrogens is 412 g/mol. The number of hydrogen-bond acceptors (Lipinski definition) is 8. The van der Waals surface area contributed by atoms with E-state index in [1.807, 2.05) is 38.1 Å². The van der Waals surface area contributed by atoms with E-state index in [4.69, 9.17) is 4.74 Å². The predicted molar refractivity (Wildman–Crippen MR) is 121 cm³/mol. The molecule has 2 aromatic carbocycles. The third-order valence-electron chi connectivity index (χ3n) is 5.22. The van der Waals surface area contributed by atoms with E-state index in [1.54, 1.807) is 19.1 Å². The standard InChI is InChI=1S/C22H24N6O4/c1-4-32-21(29)27-19-18(13-23-22(19,2)3)20(26-27)25-16-7-5-6-15(12-16)24-14-8-10-17(11-9-14)28(30)31/h5-12,23-24H,4,13H2,1-3H3,(H,25,26). The van der Waals surface area contributed by atoms with Gasteiger partial charge in [0.2, 0.25) is 0 Å². The van der Waals surface area contributed by atoms with Crippen LogP contribution in [0.3, 0.4) is 0 Å². The van der Waals surface area contributed by atoms with Gasteiger partial charge in [-0.1, -0.05) is 6.07 Å². The number of nitrogens with one attached hydrogen (secondary N) is 3. The van der Waals surface area contributed by atoms with Crippen molar-refractivity contribution in [1.29, 1.82) is 0 Å². The molecular formula is C22H24N6O4. The first-order valence-electron chi connectivity index (χ1n) is 10.2. The molecule has 1 aromatic heterocycles. The van der Waals surface area contributed by atoms with E-state index >= 15 is 0 Å². The Morgan fingerprint density at radius 1 is 1.19 bits per heavy atom. The molecule has 3 aromatic rings. The largest absolute Gasteiger partial charge is 0.448 e. The van der Waals surface area contributed by atoms with Gasteiger partial charge in [0.05, 0.1) is 22.8 Å². The maximum atomic E-state index is 12.5. The quantitative estimate of drug-likeness (QED) is 0.378. The van der Waals surface area contributed by atoms with E-state index < -0.39 is 16.6 Å². The fourth-order valence-electron chi connectivity index (χ4n) is 3.71. The number of nitro groups is 1. The van der Waals surface area contributed by atoms with Crippen LogP contribution in [0.2, 0.25) is 0 Å². The van der Waals surface area contributed by atoms with Gasteiger partial charge in [-0.3, -0.25) is 10.1 Å². The molecule has 2 heterocycles. The van der Waals surface area contributed by atoms with Crippen molar-refractivity contribution in [2.45, 2.75) is 32.9 Å². The second-order valence-corrected chi connectivity index (χ2v) is 7.90. The molecule has 1 aliphatic heterocycles. The summed E-state index contributed by atoms with van der Waals surface area (Å²) in [5.74, 6) is 0.582. The molecule has 0 aliphatic carbocycles. The number of rotatable bonds is 6. The van der Waals surface area contributed by atoms with Gasteiger partial charge in [0.25, 0.3) is 5.69 Å². The van der Waals surface area contributed by atoms with E-state index in [2.05, 4.69) is 21.0 Å². The van der Waals surface area contributed by atoms with E-state index in [-0.39, 0.29) is 12.3 Å². The molecule has 10 nitrogen and oxygen atoms in total. The summed E-state index contributed by atoms with van der Waals surface area (Å²) in [7, 11) is 0. The van der Waals surface area contributed by atoms with Crippen molar-refractivity contribution in [3.63, 3.8) is 0 Å². The van der Waals surface area contributed by atoms with E-state index in [0.717, 1.165) is 28.3 Å². The van der Waals surface area contributed by atoms with Crippen LogP contribution in [0.25, 0.3) is 0 Å². The second kappa shape index (κ2) is 8.31. The van der Waals surface area contributed by atoms with Gasteiger partial charge >= 0.3 is 6.09 Å². The van der Waals surface area contributed by atoms with Crippen LogP contribution >= 0.6 is 0 Å². The first kappa shape index (κ1) is 21.3. The lowest BCUT2D eigenvalue weighted by atomic mass is 10.0. The van der Waals surface area contributed by atoms with Gasteiger partial charge in [-0.2, -0.15) is 4.68 Å². The summed E-state index contributed by atoms with van der Waals surface area (Å²) < 4.78 is 6.49. The molecule has 32 heavy (non-hydrogen) atoms. The van der Waals surface area contributed by atoms with Gasteiger partial charge in [0, 0.05) is 41.3 Å². The Labute approximate surface area is 184 Å². The molecule has 0 unspecified atom stereocenters. The van der Waals surface area contributed by atoms with Crippen molar-refractivity contribution in [2.24, 2.45) is 0 Å². The highest BCUT2D eigenvalue weighted by atomic mass is 16.6. The number of aromatic nitrogens is 2. The van der Waals surface area contributed by atoms with Crippen LogP contribution in [0.1, 0.15) is 32.0 Å².